The third kappa shape index (κ3) is 2.74. The summed E-state index contributed by atoms with van der Waals surface area (Å²) in [7, 11) is 0. The van der Waals surface area contributed by atoms with Gasteiger partial charge in [-0.3, -0.25) is 4.90 Å². The van der Waals surface area contributed by atoms with Gasteiger partial charge in [-0.05, 0) is 31.7 Å². The van der Waals surface area contributed by atoms with Crippen LogP contribution >= 0.6 is 0 Å². The van der Waals surface area contributed by atoms with Crippen molar-refractivity contribution < 1.29 is 0 Å². The van der Waals surface area contributed by atoms with E-state index >= 15 is 0 Å². The standard InChI is InChI=1S/C13H22N2/c1-2-8-14-9-11-15-10-7-12-5-3-4-6-13(12)15/h1,12-14H,3-11H2. The van der Waals surface area contributed by atoms with Crippen molar-refractivity contribution in [1.29, 1.82) is 0 Å². The van der Waals surface area contributed by atoms with Crippen molar-refractivity contribution in [2.45, 2.75) is 38.1 Å². The predicted molar refractivity (Wildman–Crippen MR) is 63.6 cm³/mol. The number of hydrogen-bond donors (Lipinski definition) is 1. The van der Waals surface area contributed by atoms with Crippen LogP contribution in [0, 0.1) is 18.3 Å². The fourth-order valence-electron chi connectivity index (χ4n) is 3.16. The van der Waals surface area contributed by atoms with Gasteiger partial charge in [0, 0.05) is 19.1 Å². The molecule has 2 heteroatoms. The second-order valence-corrected chi connectivity index (χ2v) is 4.82. The van der Waals surface area contributed by atoms with Gasteiger partial charge in [-0.15, -0.1) is 6.42 Å². The van der Waals surface area contributed by atoms with E-state index < -0.39 is 0 Å². The van der Waals surface area contributed by atoms with E-state index in [1.807, 2.05) is 0 Å². The molecule has 2 atom stereocenters. The summed E-state index contributed by atoms with van der Waals surface area (Å²) in [5, 5.41) is 3.28. The Hall–Kier alpha value is -0.520. The maximum Gasteiger partial charge on any atom is 0.0574 e. The lowest BCUT2D eigenvalue weighted by atomic mass is 9.85. The van der Waals surface area contributed by atoms with Crippen LogP contribution in [0.1, 0.15) is 32.1 Å². The molecule has 1 aliphatic carbocycles. The maximum atomic E-state index is 5.20. The van der Waals surface area contributed by atoms with Gasteiger partial charge in [-0.25, -0.2) is 0 Å². The van der Waals surface area contributed by atoms with Gasteiger partial charge in [0.2, 0.25) is 0 Å². The van der Waals surface area contributed by atoms with Crippen LogP contribution < -0.4 is 5.32 Å². The lowest BCUT2D eigenvalue weighted by Gasteiger charge is -2.31. The van der Waals surface area contributed by atoms with E-state index in [2.05, 4.69) is 16.1 Å². The van der Waals surface area contributed by atoms with Gasteiger partial charge >= 0.3 is 0 Å². The maximum absolute atomic E-state index is 5.20. The van der Waals surface area contributed by atoms with E-state index in [4.69, 9.17) is 6.42 Å². The summed E-state index contributed by atoms with van der Waals surface area (Å²) in [6.45, 7) is 4.26. The number of nitrogens with one attached hydrogen (secondary N) is 1. The van der Waals surface area contributed by atoms with Gasteiger partial charge in [0.25, 0.3) is 0 Å². The Bertz CT molecular complexity index is 231. The second-order valence-electron chi connectivity index (χ2n) is 4.82. The third-order valence-corrected chi connectivity index (χ3v) is 3.93. The summed E-state index contributed by atoms with van der Waals surface area (Å²) in [5.41, 5.74) is 0. The minimum atomic E-state index is 0.710. The fourth-order valence-corrected chi connectivity index (χ4v) is 3.16. The predicted octanol–water partition coefficient (Wildman–Crippen LogP) is 1.47. The summed E-state index contributed by atoms with van der Waals surface area (Å²) >= 11 is 0. The van der Waals surface area contributed by atoms with Crippen molar-refractivity contribution in [3.8, 4) is 12.3 Å². The normalized spacial score (nSPS) is 31.1. The van der Waals surface area contributed by atoms with E-state index in [0.29, 0.717) is 6.54 Å². The van der Waals surface area contributed by atoms with Gasteiger partial charge in [-0.2, -0.15) is 0 Å². The molecular weight excluding hydrogens is 184 g/mol. The van der Waals surface area contributed by atoms with Crippen molar-refractivity contribution in [1.82, 2.24) is 10.2 Å². The van der Waals surface area contributed by atoms with Crippen LogP contribution in [-0.2, 0) is 0 Å². The Morgan fingerprint density at radius 2 is 2.13 bits per heavy atom. The first-order valence-electron chi connectivity index (χ1n) is 6.30. The molecule has 15 heavy (non-hydrogen) atoms. The van der Waals surface area contributed by atoms with Crippen LogP contribution in [0.4, 0.5) is 0 Å². The van der Waals surface area contributed by atoms with Crippen molar-refractivity contribution in [3.05, 3.63) is 0 Å². The monoisotopic (exact) mass is 206 g/mol. The van der Waals surface area contributed by atoms with E-state index in [0.717, 1.165) is 18.5 Å². The summed E-state index contributed by atoms with van der Waals surface area (Å²) in [4.78, 5) is 2.67. The number of likely N-dealkylation sites (tertiary alicyclic amines) is 1. The molecule has 0 aromatic rings. The topological polar surface area (TPSA) is 15.3 Å². The number of hydrogen-bond acceptors (Lipinski definition) is 2. The zero-order valence-electron chi connectivity index (χ0n) is 9.54. The van der Waals surface area contributed by atoms with Gasteiger partial charge in [0.1, 0.15) is 0 Å². The molecule has 2 nitrogen and oxygen atoms in total. The smallest absolute Gasteiger partial charge is 0.0574 e. The largest absolute Gasteiger partial charge is 0.305 e. The average Bonchev–Trinajstić information content (AvgIpc) is 2.68. The molecule has 0 bridgehead atoms. The Balaban J connectivity index is 1.71. The SMILES string of the molecule is C#CCNCCN1CCC2CCCCC21. The summed E-state index contributed by atoms with van der Waals surface area (Å²) in [6.07, 6.45) is 12.4. The fraction of sp³-hybridized carbons (Fsp3) is 0.846. The lowest BCUT2D eigenvalue weighted by molar-refractivity contribution is 0.184. The van der Waals surface area contributed by atoms with Crippen molar-refractivity contribution in [3.63, 3.8) is 0 Å². The van der Waals surface area contributed by atoms with E-state index in [-0.39, 0.29) is 0 Å². The minimum Gasteiger partial charge on any atom is -0.305 e. The van der Waals surface area contributed by atoms with E-state index in [1.54, 1.807) is 0 Å². The molecule has 1 aliphatic heterocycles. The summed E-state index contributed by atoms with van der Waals surface area (Å²) in [6, 6.07) is 0.895. The van der Waals surface area contributed by atoms with Gasteiger partial charge in [0.05, 0.1) is 6.54 Å². The number of nitrogens with zero attached hydrogens (tertiary/aromatic N) is 1. The van der Waals surface area contributed by atoms with E-state index in [1.165, 1.54) is 45.2 Å². The Morgan fingerprint density at radius 3 is 3.00 bits per heavy atom. The Morgan fingerprint density at radius 1 is 1.27 bits per heavy atom. The third-order valence-electron chi connectivity index (χ3n) is 3.93. The summed E-state index contributed by atoms with van der Waals surface area (Å²) < 4.78 is 0. The number of fused-ring (bicyclic) bond motifs is 1. The first-order chi connectivity index (χ1) is 7.42. The molecule has 84 valence electrons. The van der Waals surface area contributed by atoms with Gasteiger partial charge in [0.15, 0.2) is 0 Å². The molecule has 1 N–H and O–H groups in total. The van der Waals surface area contributed by atoms with Crippen LogP contribution in [0.5, 0.6) is 0 Å². The molecule has 0 amide bonds. The Labute approximate surface area is 93.4 Å². The highest BCUT2D eigenvalue weighted by molar-refractivity contribution is 4.90. The van der Waals surface area contributed by atoms with Crippen molar-refractivity contribution in [2.75, 3.05) is 26.2 Å². The molecule has 1 saturated heterocycles. The molecule has 0 aromatic heterocycles. The highest BCUT2D eigenvalue weighted by atomic mass is 15.2. The molecule has 2 aliphatic rings. The molecule has 0 spiro atoms. The zero-order chi connectivity index (χ0) is 10.5. The van der Waals surface area contributed by atoms with Gasteiger partial charge < -0.3 is 5.32 Å². The first-order valence-corrected chi connectivity index (χ1v) is 6.30. The number of terminal acetylenes is 1. The zero-order valence-corrected chi connectivity index (χ0v) is 9.54. The van der Waals surface area contributed by atoms with Crippen LogP contribution in [0.25, 0.3) is 0 Å². The molecule has 1 heterocycles. The molecular formula is C13H22N2. The molecule has 0 radical (unpaired) electrons. The molecule has 2 unspecified atom stereocenters. The molecule has 0 aromatic carbocycles. The van der Waals surface area contributed by atoms with Crippen LogP contribution in [0.15, 0.2) is 0 Å². The van der Waals surface area contributed by atoms with Crippen LogP contribution in [0.3, 0.4) is 0 Å². The average molecular weight is 206 g/mol. The highest BCUT2D eigenvalue weighted by Crippen LogP contribution is 2.35. The Kier molecular flexibility index (Phi) is 4.05. The van der Waals surface area contributed by atoms with Gasteiger partial charge in [-0.1, -0.05) is 18.8 Å². The molecule has 1 saturated carbocycles. The van der Waals surface area contributed by atoms with Crippen LogP contribution in [-0.4, -0.2) is 37.1 Å². The first kappa shape index (κ1) is 11.0. The molecule has 2 rings (SSSR count). The lowest BCUT2D eigenvalue weighted by Crippen LogP contribution is -2.39. The van der Waals surface area contributed by atoms with Crippen molar-refractivity contribution in [2.24, 2.45) is 5.92 Å². The highest BCUT2D eigenvalue weighted by Gasteiger charge is 2.34. The van der Waals surface area contributed by atoms with Crippen LogP contribution in [0.2, 0.25) is 0 Å². The van der Waals surface area contributed by atoms with E-state index in [9.17, 15) is 0 Å². The molecule has 2 fully saturated rings. The quantitative estimate of drug-likeness (QED) is 0.553. The minimum absolute atomic E-state index is 0.710. The summed E-state index contributed by atoms with van der Waals surface area (Å²) in [5.74, 6) is 3.63. The van der Waals surface area contributed by atoms with Crippen molar-refractivity contribution >= 4 is 0 Å². The second kappa shape index (κ2) is 5.53. The number of rotatable bonds is 4.